The molecule has 0 spiro atoms. The summed E-state index contributed by atoms with van der Waals surface area (Å²) in [6, 6.07) is 8.87. The summed E-state index contributed by atoms with van der Waals surface area (Å²) in [5.41, 5.74) is 3.63. The Morgan fingerprint density at radius 1 is 1.24 bits per heavy atom. The molecule has 0 aliphatic carbocycles. The van der Waals surface area contributed by atoms with Crippen LogP contribution in [-0.4, -0.2) is 30.1 Å². The summed E-state index contributed by atoms with van der Waals surface area (Å²) < 4.78 is 10.7. The fourth-order valence-electron chi connectivity index (χ4n) is 1.59. The summed E-state index contributed by atoms with van der Waals surface area (Å²) in [6.07, 6.45) is 1.65. The molecule has 6 nitrogen and oxygen atoms in total. The number of hydrogen-bond acceptors (Lipinski definition) is 6. The molecule has 0 saturated carbocycles. The number of benzene rings is 1. The average molecular weight is 307 g/mol. The van der Waals surface area contributed by atoms with E-state index in [4.69, 9.17) is 21.1 Å². The van der Waals surface area contributed by atoms with Crippen molar-refractivity contribution in [1.82, 2.24) is 10.2 Å². The van der Waals surface area contributed by atoms with Gasteiger partial charge in [0.2, 0.25) is 0 Å². The molecule has 0 aliphatic rings. The summed E-state index contributed by atoms with van der Waals surface area (Å²) in [4.78, 5) is 0. The average Bonchev–Trinajstić information content (AvgIpc) is 2.51. The zero-order chi connectivity index (χ0) is 15.1. The summed E-state index contributed by atoms with van der Waals surface area (Å²) in [7, 11) is 1.60. The van der Waals surface area contributed by atoms with Crippen molar-refractivity contribution in [2.24, 2.45) is 5.10 Å². The number of anilines is 1. The molecular weight excluding hydrogens is 292 g/mol. The van der Waals surface area contributed by atoms with Gasteiger partial charge in [0.1, 0.15) is 0 Å². The van der Waals surface area contributed by atoms with E-state index in [-0.39, 0.29) is 0 Å². The Morgan fingerprint density at radius 2 is 2.10 bits per heavy atom. The normalized spacial score (nSPS) is 10.6. The predicted molar refractivity (Wildman–Crippen MR) is 82.4 cm³/mol. The number of hydrazone groups is 1. The van der Waals surface area contributed by atoms with Gasteiger partial charge in [0, 0.05) is 0 Å². The van der Waals surface area contributed by atoms with Crippen LogP contribution >= 0.6 is 11.6 Å². The number of rotatable bonds is 6. The zero-order valence-electron chi connectivity index (χ0n) is 11.7. The molecule has 0 radical (unpaired) electrons. The fraction of sp³-hybridized carbons (Fsp3) is 0.214. The lowest BCUT2D eigenvalue weighted by molar-refractivity contribution is 0.311. The molecule has 1 N–H and O–H groups in total. The van der Waals surface area contributed by atoms with Crippen molar-refractivity contribution in [3.63, 3.8) is 0 Å². The molecule has 21 heavy (non-hydrogen) atoms. The summed E-state index contributed by atoms with van der Waals surface area (Å²) >= 11 is 5.65. The van der Waals surface area contributed by atoms with Crippen molar-refractivity contribution in [3.05, 3.63) is 41.0 Å². The minimum atomic E-state index is 0.334. The number of methoxy groups -OCH3 is 1. The highest BCUT2D eigenvalue weighted by Gasteiger charge is 2.03. The minimum Gasteiger partial charge on any atom is -0.493 e. The Balaban J connectivity index is 2.05. The first-order chi connectivity index (χ1) is 10.2. The van der Waals surface area contributed by atoms with E-state index in [2.05, 4.69) is 20.7 Å². The van der Waals surface area contributed by atoms with E-state index < -0.39 is 0 Å². The first-order valence-corrected chi connectivity index (χ1v) is 6.70. The fourth-order valence-corrected chi connectivity index (χ4v) is 1.69. The van der Waals surface area contributed by atoms with Crippen LogP contribution < -0.4 is 14.9 Å². The highest BCUT2D eigenvalue weighted by molar-refractivity contribution is 6.29. The van der Waals surface area contributed by atoms with Crippen molar-refractivity contribution >= 4 is 23.6 Å². The van der Waals surface area contributed by atoms with E-state index in [0.717, 1.165) is 5.56 Å². The van der Waals surface area contributed by atoms with Gasteiger partial charge in [0.05, 0.1) is 19.9 Å². The number of hydrogen-bond donors (Lipinski definition) is 1. The van der Waals surface area contributed by atoms with E-state index >= 15 is 0 Å². The molecule has 1 aromatic carbocycles. The van der Waals surface area contributed by atoms with Crippen molar-refractivity contribution in [2.75, 3.05) is 19.1 Å². The second-order valence-corrected chi connectivity index (χ2v) is 4.34. The molecule has 0 unspecified atom stereocenters. The van der Waals surface area contributed by atoms with Gasteiger partial charge in [-0.3, -0.25) is 5.43 Å². The third kappa shape index (κ3) is 4.32. The molecule has 0 bridgehead atoms. The zero-order valence-corrected chi connectivity index (χ0v) is 12.5. The number of halogens is 1. The van der Waals surface area contributed by atoms with E-state index in [9.17, 15) is 0 Å². The molecule has 0 atom stereocenters. The second kappa shape index (κ2) is 7.44. The van der Waals surface area contributed by atoms with Crippen LogP contribution in [0.2, 0.25) is 5.15 Å². The third-order valence-corrected chi connectivity index (χ3v) is 2.71. The molecule has 1 aromatic heterocycles. The van der Waals surface area contributed by atoms with Gasteiger partial charge in [0.15, 0.2) is 22.5 Å². The van der Waals surface area contributed by atoms with Gasteiger partial charge in [-0.05, 0) is 42.8 Å². The van der Waals surface area contributed by atoms with Gasteiger partial charge in [-0.1, -0.05) is 11.6 Å². The maximum atomic E-state index is 5.65. The first kappa shape index (κ1) is 15.1. The Hall–Kier alpha value is -2.34. The monoisotopic (exact) mass is 306 g/mol. The highest BCUT2D eigenvalue weighted by atomic mass is 35.5. The van der Waals surface area contributed by atoms with Crippen molar-refractivity contribution in [2.45, 2.75) is 6.92 Å². The van der Waals surface area contributed by atoms with E-state index in [1.807, 2.05) is 25.1 Å². The lowest BCUT2D eigenvalue weighted by Gasteiger charge is -2.09. The largest absolute Gasteiger partial charge is 0.493 e. The SMILES string of the molecule is CCOc1ccc(/C=N/Nc2ccc(Cl)nn2)cc1OC. The Kier molecular flexibility index (Phi) is 5.34. The van der Waals surface area contributed by atoms with Crippen LogP contribution in [0, 0.1) is 0 Å². The van der Waals surface area contributed by atoms with Crippen LogP contribution in [0.5, 0.6) is 11.5 Å². The molecule has 0 aliphatic heterocycles. The van der Waals surface area contributed by atoms with E-state index in [0.29, 0.717) is 29.1 Å². The number of aromatic nitrogens is 2. The predicted octanol–water partition coefficient (Wildman–Crippen LogP) is 2.98. The van der Waals surface area contributed by atoms with Crippen LogP contribution in [-0.2, 0) is 0 Å². The maximum Gasteiger partial charge on any atom is 0.168 e. The lowest BCUT2D eigenvalue weighted by atomic mass is 10.2. The van der Waals surface area contributed by atoms with Gasteiger partial charge in [-0.15, -0.1) is 10.2 Å². The van der Waals surface area contributed by atoms with Crippen LogP contribution in [0.25, 0.3) is 0 Å². The second-order valence-electron chi connectivity index (χ2n) is 3.95. The highest BCUT2D eigenvalue weighted by Crippen LogP contribution is 2.27. The smallest absolute Gasteiger partial charge is 0.168 e. The van der Waals surface area contributed by atoms with Gasteiger partial charge < -0.3 is 9.47 Å². The molecule has 1 heterocycles. The maximum absolute atomic E-state index is 5.65. The minimum absolute atomic E-state index is 0.334. The molecule has 2 rings (SSSR count). The Bertz CT molecular complexity index is 617. The number of nitrogens with zero attached hydrogens (tertiary/aromatic N) is 3. The quantitative estimate of drug-likeness (QED) is 0.656. The van der Waals surface area contributed by atoms with Crippen LogP contribution in [0.3, 0.4) is 0 Å². The van der Waals surface area contributed by atoms with Crippen LogP contribution in [0.4, 0.5) is 5.82 Å². The standard InChI is InChI=1S/C14H15ClN4O2/c1-3-21-11-5-4-10(8-12(11)20-2)9-16-18-14-7-6-13(15)17-19-14/h4-9H,3H2,1-2H3,(H,18,19)/b16-9+. The lowest BCUT2D eigenvalue weighted by Crippen LogP contribution is -1.97. The van der Waals surface area contributed by atoms with Crippen molar-refractivity contribution in [1.29, 1.82) is 0 Å². The molecule has 7 heteroatoms. The topological polar surface area (TPSA) is 68.6 Å². The van der Waals surface area contributed by atoms with Gasteiger partial charge in [0.25, 0.3) is 0 Å². The van der Waals surface area contributed by atoms with Gasteiger partial charge in [-0.25, -0.2) is 0 Å². The molecule has 110 valence electrons. The van der Waals surface area contributed by atoms with Crippen molar-refractivity contribution in [3.8, 4) is 11.5 Å². The number of nitrogens with one attached hydrogen (secondary N) is 1. The Morgan fingerprint density at radius 3 is 2.76 bits per heavy atom. The third-order valence-electron chi connectivity index (χ3n) is 2.51. The summed E-state index contributed by atoms with van der Waals surface area (Å²) in [5.74, 6) is 1.87. The molecule has 0 saturated heterocycles. The van der Waals surface area contributed by atoms with Crippen molar-refractivity contribution < 1.29 is 9.47 Å². The van der Waals surface area contributed by atoms with E-state index in [1.165, 1.54) is 0 Å². The molecule has 0 amide bonds. The molecule has 0 fully saturated rings. The van der Waals surface area contributed by atoms with Gasteiger partial charge in [-0.2, -0.15) is 5.10 Å². The summed E-state index contributed by atoms with van der Waals surface area (Å²) in [5, 5.41) is 11.9. The molecule has 2 aromatic rings. The van der Waals surface area contributed by atoms with Crippen LogP contribution in [0.15, 0.2) is 35.4 Å². The first-order valence-electron chi connectivity index (χ1n) is 6.32. The number of ether oxygens (including phenoxy) is 2. The van der Waals surface area contributed by atoms with E-state index in [1.54, 1.807) is 25.5 Å². The summed E-state index contributed by atoms with van der Waals surface area (Å²) in [6.45, 7) is 2.51. The van der Waals surface area contributed by atoms with Crippen LogP contribution in [0.1, 0.15) is 12.5 Å². The Labute approximate surface area is 127 Å². The van der Waals surface area contributed by atoms with Gasteiger partial charge >= 0.3 is 0 Å². The molecular formula is C14H15ClN4O2.